The van der Waals surface area contributed by atoms with Crippen molar-refractivity contribution in [1.29, 1.82) is 0 Å². The van der Waals surface area contributed by atoms with Gasteiger partial charge in [-0.1, -0.05) is 213 Å². The first-order valence-corrected chi connectivity index (χ1v) is 23.5. The molecule has 1 aromatic rings. The van der Waals surface area contributed by atoms with Crippen LogP contribution in [-0.4, -0.2) is 17.2 Å². The standard InChI is InChI=1S/C47H94N3/c1-5-8-11-14-17-20-21-22-23-24-25-26-27-30-33-36-42-48-46(38-34-31-28-18-15-12-9-6-2)39-37-41-47(50-44-43-49(4)45-50)40-35-32-29-19-16-13-10-7-3/h43-48H,5-42H2,1-4H3/q+1. The minimum atomic E-state index is 0.667. The van der Waals surface area contributed by atoms with E-state index in [-0.39, 0.29) is 0 Å². The van der Waals surface area contributed by atoms with Crippen molar-refractivity contribution in [2.24, 2.45) is 7.05 Å². The number of unbranched alkanes of at least 4 members (excludes halogenated alkanes) is 29. The molecule has 296 valence electrons. The number of aromatic nitrogens is 2. The van der Waals surface area contributed by atoms with Crippen LogP contribution in [0.1, 0.15) is 264 Å². The molecule has 2 unspecified atom stereocenters. The van der Waals surface area contributed by atoms with E-state index in [1.54, 1.807) is 0 Å². The smallest absolute Gasteiger partial charge is 0.243 e. The van der Waals surface area contributed by atoms with Crippen molar-refractivity contribution in [2.75, 3.05) is 6.54 Å². The Kier molecular flexibility index (Phi) is 35.8. The van der Waals surface area contributed by atoms with Gasteiger partial charge in [-0.15, -0.1) is 0 Å². The van der Waals surface area contributed by atoms with Crippen LogP contribution < -0.4 is 9.88 Å². The third-order valence-corrected chi connectivity index (χ3v) is 11.6. The number of nitrogens with one attached hydrogen (secondary N) is 1. The van der Waals surface area contributed by atoms with E-state index in [1.807, 2.05) is 0 Å². The molecule has 0 bridgehead atoms. The van der Waals surface area contributed by atoms with E-state index in [4.69, 9.17) is 0 Å². The summed E-state index contributed by atoms with van der Waals surface area (Å²) in [5.41, 5.74) is 0. The molecule has 1 aromatic heterocycles. The van der Waals surface area contributed by atoms with Gasteiger partial charge in [0.25, 0.3) is 0 Å². The Morgan fingerprint density at radius 2 is 0.760 bits per heavy atom. The summed E-state index contributed by atoms with van der Waals surface area (Å²) in [5.74, 6) is 0. The van der Waals surface area contributed by atoms with Crippen LogP contribution in [0.3, 0.4) is 0 Å². The summed E-state index contributed by atoms with van der Waals surface area (Å²) in [5, 5.41) is 4.08. The van der Waals surface area contributed by atoms with Gasteiger partial charge in [0.15, 0.2) is 0 Å². The molecule has 3 heteroatoms. The number of imidazole rings is 1. The summed E-state index contributed by atoms with van der Waals surface area (Å²) in [7, 11) is 2.17. The van der Waals surface area contributed by atoms with Crippen LogP contribution in [0.4, 0.5) is 0 Å². The number of hydrogen-bond acceptors (Lipinski definition) is 1. The molecule has 0 amide bonds. The van der Waals surface area contributed by atoms with Crippen molar-refractivity contribution in [3.63, 3.8) is 0 Å². The lowest BCUT2D eigenvalue weighted by Crippen LogP contribution is -2.30. The van der Waals surface area contributed by atoms with Crippen molar-refractivity contribution in [1.82, 2.24) is 9.88 Å². The maximum absolute atomic E-state index is 4.08. The Labute approximate surface area is 316 Å². The van der Waals surface area contributed by atoms with Crippen molar-refractivity contribution >= 4 is 0 Å². The summed E-state index contributed by atoms with van der Waals surface area (Å²) in [6, 6.07) is 1.39. The predicted octanol–water partition coefficient (Wildman–Crippen LogP) is 15.3. The normalized spacial score (nSPS) is 13.0. The molecule has 0 aromatic carbocycles. The molecule has 1 rings (SSSR count). The maximum atomic E-state index is 4.08. The molecule has 2 atom stereocenters. The zero-order chi connectivity index (χ0) is 36.0. The highest BCUT2D eigenvalue weighted by molar-refractivity contribution is 4.77. The molecule has 0 aliphatic carbocycles. The second kappa shape index (κ2) is 37.9. The van der Waals surface area contributed by atoms with E-state index >= 15 is 0 Å². The average molecular weight is 701 g/mol. The number of nitrogens with zero attached hydrogens (tertiary/aromatic N) is 2. The SMILES string of the molecule is CCCCCCCCCCCCCCCCCCNC(CCCCCCCCCC)CCCC(CCCCCCCCCC)n1cc[n+](C)c1. The molecule has 0 radical (unpaired) electrons. The van der Waals surface area contributed by atoms with Crippen LogP contribution >= 0.6 is 0 Å². The molecule has 50 heavy (non-hydrogen) atoms. The van der Waals surface area contributed by atoms with E-state index in [9.17, 15) is 0 Å². The lowest BCUT2D eigenvalue weighted by Gasteiger charge is -2.20. The lowest BCUT2D eigenvalue weighted by molar-refractivity contribution is -0.671. The van der Waals surface area contributed by atoms with Crippen molar-refractivity contribution < 1.29 is 4.57 Å². The van der Waals surface area contributed by atoms with Crippen LogP contribution in [0.15, 0.2) is 18.7 Å². The molecular weight excluding hydrogens is 607 g/mol. The zero-order valence-electron chi connectivity index (χ0n) is 35.2. The van der Waals surface area contributed by atoms with Crippen LogP contribution in [-0.2, 0) is 7.05 Å². The third kappa shape index (κ3) is 30.8. The Bertz CT molecular complexity index is 772. The van der Waals surface area contributed by atoms with Gasteiger partial charge in [0.05, 0.1) is 7.05 Å². The topological polar surface area (TPSA) is 20.8 Å². The van der Waals surface area contributed by atoms with Gasteiger partial charge in [0.1, 0.15) is 18.4 Å². The molecule has 0 fully saturated rings. The minimum absolute atomic E-state index is 0.667. The summed E-state index contributed by atoms with van der Waals surface area (Å²) < 4.78 is 4.75. The first-order valence-electron chi connectivity index (χ1n) is 23.5. The van der Waals surface area contributed by atoms with Crippen molar-refractivity contribution in [3.8, 4) is 0 Å². The highest BCUT2D eigenvalue weighted by Gasteiger charge is 2.17. The Morgan fingerprint density at radius 1 is 0.420 bits per heavy atom. The Hall–Kier alpha value is -0.830. The van der Waals surface area contributed by atoms with Gasteiger partial charge < -0.3 is 5.32 Å². The summed E-state index contributed by atoms with van der Waals surface area (Å²) in [6.07, 6.45) is 59.6. The van der Waals surface area contributed by atoms with Crippen LogP contribution in [0.2, 0.25) is 0 Å². The van der Waals surface area contributed by atoms with Crippen molar-refractivity contribution in [2.45, 2.75) is 270 Å². The highest BCUT2D eigenvalue weighted by Crippen LogP contribution is 2.24. The zero-order valence-corrected chi connectivity index (χ0v) is 35.2. The number of aryl methyl sites for hydroxylation is 1. The summed E-state index contributed by atoms with van der Waals surface area (Å²) in [6.45, 7) is 8.19. The number of rotatable bonds is 41. The third-order valence-electron chi connectivity index (χ3n) is 11.6. The van der Waals surface area contributed by atoms with Gasteiger partial charge in [0, 0.05) is 6.04 Å². The number of hydrogen-bond donors (Lipinski definition) is 1. The van der Waals surface area contributed by atoms with Gasteiger partial charge in [-0.2, -0.15) is 0 Å². The fraction of sp³-hybridized carbons (Fsp3) is 0.936. The first-order chi connectivity index (χ1) is 24.7. The Morgan fingerprint density at radius 3 is 1.16 bits per heavy atom. The van der Waals surface area contributed by atoms with E-state index in [1.165, 1.54) is 244 Å². The molecule has 1 N–H and O–H groups in total. The molecule has 1 heterocycles. The fourth-order valence-corrected chi connectivity index (χ4v) is 8.09. The first kappa shape index (κ1) is 47.2. The van der Waals surface area contributed by atoms with E-state index in [0.717, 1.165) is 6.04 Å². The summed E-state index contributed by atoms with van der Waals surface area (Å²) >= 11 is 0. The Balaban J connectivity index is 2.30. The second-order valence-corrected chi connectivity index (χ2v) is 16.6. The molecule has 0 saturated carbocycles. The molecule has 0 aliphatic heterocycles. The van der Waals surface area contributed by atoms with Crippen LogP contribution in [0.5, 0.6) is 0 Å². The van der Waals surface area contributed by atoms with E-state index in [0.29, 0.717) is 6.04 Å². The van der Waals surface area contributed by atoms with Crippen LogP contribution in [0, 0.1) is 0 Å². The highest BCUT2D eigenvalue weighted by atomic mass is 15.1. The second-order valence-electron chi connectivity index (χ2n) is 16.6. The molecule has 0 aliphatic rings. The van der Waals surface area contributed by atoms with E-state index < -0.39 is 0 Å². The lowest BCUT2D eigenvalue weighted by atomic mass is 9.97. The quantitative estimate of drug-likeness (QED) is 0.0533. The van der Waals surface area contributed by atoms with Gasteiger partial charge in [-0.3, -0.25) is 0 Å². The van der Waals surface area contributed by atoms with Crippen molar-refractivity contribution in [3.05, 3.63) is 18.7 Å². The van der Waals surface area contributed by atoms with Gasteiger partial charge in [0.2, 0.25) is 6.33 Å². The van der Waals surface area contributed by atoms with Gasteiger partial charge >= 0.3 is 0 Å². The van der Waals surface area contributed by atoms with Crippen LogP contribution in [0.25, 0.3) is 0 Å². The molecule has 0 spiro atoms. The summed E-state index contributed by atoms with van der Waals surface area (Å²) in [4.78, 5) is 0. The van der Waals surface area contributed by atoms with Gasteiger partial charge in [-0.05, 0) is 51.5 Å². The van der Waals surface area contributed by atoms with E-state index in [2.05, 4.69) is 61.0 Å². The van der Waals surface area contributed by atoms with Gasteiger partial charge in [-0.25, -0.2) is 9.13 Å². The largest absolute Gasteiger partial charge is 0.314 e. The monoisotopic (exact) mass is 701 g/mol. The molecular formula is C47H94N3+. The average Bonchev–Trinajstić information content (AvgIpc) is 3.56. The predicted molar refractivity (Wildman–Crippen MR) is 224 cm³/mol. The molecule has 0 saturated heterocycles. The molecule has 3 nitrogen and oxygen atoms in total. The fourth-order valence-electron chi connectivity index (χ4n) is 8.09. The minimum Gasteiger partial charge on any atom is -0.314 e. The maximum Gasteiger partial charge on any atom is 0.243 e.